The standard InChI is InChI=1S/C18H23N/c1-14-4-6-15(7-5-14)8-9-16-10-11-18-17(13-16)3-2-12-19-18/h2-3,10-15H,4-9H2,1H3. The van der Waals surface area contributed by atoms with Gasteiger partial charge in [-0.2, -0.15) is 0 Å². The highest BCUT2D eigenvalue weighted by Crippen LogP contribution is 2.31. The molecule has 3 rings (SSSR count). The van der Waals surface area contributed by atoms with Crippen LogP contribution in [0.3, 0.4) is 0 Å². The Balaban J connectivity index is 1.62. The molecule has 0 unspecified atom stereocenters. The average molecular weight is 253 g/mol. The molecule has 0 bridgehead atoms. The van der Waals surface area contributed by atoms with Gasteiger partial charge in [-0.15, -0.1) is 0 Å². The number of hydrogen-bond acceptors (Lipinski definition) is 1. The maximum atomic E-state index is 4.38. The van der Waals surface area contributed by atoms with Crippen LogP contribution in [0.1, 0.15) is 44.6 Å². The van der Waals surface area contributed by atoms with Crippen LogP contribution in [0.5, 0.6) is 0 Å². The summed E-state index contributed by atoms with van der Waals surface area (Å²) in [6.45, 7) is 2.40. The maximum Gasteiger partial charge on any atom is 0.0702 e. The van der Waals surface area contributed by atoms with Crippen molar-refractivity contribution in [1.29, 1.82) is 0 Å². The largest absolute Gasteiger partial charge is 0.256 e. The molecule has 1 aliphatic carbocycles. The lowest BCUT2D eigenvalue weighted by Gasteiger charge is -2.26. The highest BCUT2D eigenvalue weighted by Gasteiger charge is 2.17. The summed E-state index contributed by atoms with van der Waals surface area (Å²) in [6.07, 6.45) is 10.2. The second-order valence-electron chi connectivity index (χ2n) is 6.20. The number of rotatable bonds is 3. The summed E-state index contributed by atoms with van der Waals surface area (Å²) in [5.74, 6) is 1.92. The molecule has 0 aliphatic heterocycles. The zero-order valence-corrected chi connectivity index (χ0v) is 11.8. The predicted molar refractivity (Wildman–Crippen MR) is 81.2 cm³/mol. The van der Waals surface area contributed by atoms with Gasteiger partial charge < -0.3 is 0 Å². The molecule has 0 N–H and O–H groups in total. The van der Waals surface area contributed by atoms with Gasteiger partial charge in [-0.05, 0) is 48.4 Å². The van der Waals surface area contributed by atoms with E-state index >= 15 is 0 Å². The van der Waals surface area contributed by atoms with Crippen molar-refractivity contribution < 1.29 is 0 Å². The normalized spacial score (nSPS) is 23.6. The number of hydrogen-bond donors (Lipinski definition) is 0. The Kier molecular flexibility index (Phi) is 3.82. The zero-order valence-electron chi connectivity index (χ0n) is 11.8. The minimum absolute atomic E-state index is 0.959. The molecule has 1 heterocycles. The van der Waals surface area contributed by atoms with Gasteiger partial charge >= 0.3 is 0 Å². The van der Waals surface area contributed by atoms with Crippen molar-refractivity contribution in [2.24, 2.45) is 11.8 Å². The molecule has 1 aromatic heterocycles. The van der Waals surface area contributed by atoms with Crippen molar-refractivity contribution in [2.75, 3.05) is 0 Å². The molecule has 1 saturated carbocycles. The van der Waals surface area contributed by atoms with E-state index < -0.39 is 0 Å². The quantitative estimate of drug-likeness (QED) is 0.750. The molecule has 1 aliphatic rings. The smallest absolute Gasteiger partial charge is 0.0702 e. The molecule has 0 spiro atoms. The third kappa shape index (κ3) is 3.15. The Labute approximate surface area is 116 Å². The third-order valence-corrected chi connectivity index (χ3v) is 4.64. The minimum atomic E-state index is 0.959. The van der Waals surface area contributed by atoms with Gasteiger partial charge in [0.2, 0.25) is 0 Å². The van der Waals surface area contributed by atoms with E-state index in [4.69, 9.17) is 0 Å². The maximum absolute atomic E-state index is 4.38. The second kappa shape index (κ2) is 5.73. The van der Waals surface area contributed by atoms with Crippen molar-refractivity contribution in [2.45, 2.75) is 45.4 Å². The highest BCUT2D eigenvalue weighted by molar-refractivity contribution is 5.78. The number of fused-ring (bicyclic) bond motifs is 1. The molecule has 19 heavy (non-hydrogen) atoms. The van der Waals surface area contributed by atoms with Crippen LogP contribution in [0.4, 0.5) is 0 Å². The summed E-state index contributed by atoms with van der Waals surface area (Å²) < 4.78 is 0. The fourth-order valence-electron chi connectivity index (χ4n) is 3.27. The molecule has 1 nitrogen and oxygen atoms in total. The SMILES string of the molecule is CC1CCC(CCc2ccc3ncccc3c2)CC1. The molecular formula is C18H23N. The summed E-state index contributed by atoms with van der Waals surface area (Å²) in [7, 11) is 0. The van der Waals surface area contributed by atoms with E-state index in [0.29, 0.717) is 0 Å². The van der Waals surface area contributed by atoms with Gasteiger partial charge in [-0.1, -0.05) is 44.7 Å². The van der Waals surface area contributed by atoms with E-state index in [-0.39, 0.29) is 0 Å². The topological polar surface area (TPSA) is 12.9 Å². The van der Waals surface area contributed by atoms with E-state index in [2.05, 4.69) is 36.2 Å². The predicted octanol–water partition coefficient (Wildman–Crippen LogP) is 4.99. The summed E-state index contributed by atoms with van der Waals surface area (Å²) >= 11 is 0. The van der Waals surface area contributed by atoms with E-state index in [9.17, 15) is 0 Å². The summed E-state index contributed by atoms with van der Waals surface area (Å²) in [4.78, 5) is 4.38. The molecule has 0 radical (unpaired) electrons. The summed E-state index contributed by atoms with van der Waals surface area (Å²) in [5, 5.41) is 1.28. The van der Waals surface area contributed by atoms with Gasteiger partial charge in [0.05, 0.1) is 5.52 Å². The number of aryl methyl sites for hydroxylation is 1. The fourth-order valence-corrected chi connectivity index (χ4v) is 3.27. The molecule has 100 valence electrons. The molecule has 1 heteroatoms. The van der Waals surface area contributed by atoms with E-state index in [0.717, 1.165) is 17.4 Å². The fraction of sp³-hybridized carbons (Fsp3) is 0.500. The number of nitrogens with zero attached hydrogens (tertiary/aromatic N) is 1. The Morgan fingerprint density at radius 3 is 2.79 bits per heavy atom. The van der Waals surface area contributed by atoms with Gasteiger partial charge in [0.1, 0.15) is 0 Å². The van der Waals surface area contributed by atoms with Crippen LogP contribution >= 0.6 is 0 Å². The first-order valence-corrected chi connectivity index (χ1v) is 7.65. The molecular weight excluding hydrogens is 230 g/mol. The lowest BCUT2D eigenvalue weighted by molar-refractivity contribution is 0.278. The lowest BCUT2D eigenvalue weighted by atomic mass is 9.80. The van der Waals surface area contributed by atoms with E-state index in [1.165, 1.54) is 49.5 Å². The van der Waals surface area contributed by atoms with Crippen molar-refractivity contribution in [1.82, 2.24) is 4.98 Å². The summed E-state index contributed by atoms with van der Waals surface area (Å²) in [5.41, 5.74) is 2.58. The molecule has 0 amide bonds. The van der Waals surface area contributed by atoms with Crippen LogP contribution in [0.15, 0.2) is 36.5 Å². The molecule has 1 aromatic carbocycles. The molecule has 2 aromatic rings. The van der Waals surface area contributed by atoms with Crippen LogP contribution in [0, 0.1) is 11.8 Å². The highest BCUT2D eigenvalue weighted by atomic mass is 14.6. The van der Waals surface area contributed by atoms with Gasteiger partial charge in [0.25, 0.3) is 0 Å². The number of benzene rings is 1. The average Bonchev–Trinajstić information content (AvgIpc) is 2.46. The van der Waals surface area contributed by atoms with Gasteiger partial charge in [0.15, 0.2) is 0 Å². The lowest BCUT2D eigenvalue weighted by Crippen LogP contribution is -2.12. The minimum Gasteiger partial charge on any atom is -0.256 e. The van der Waals surface area contributed by atoms with Crippen molar-refractivity contribution >= 4 is 10.9 Å². The first kappa shape index (κ1) is 12.7. The van der Waals surface area contributed by atoms with Gasteiger partial charge in [0, 0.05) is 11.6 Å². The second-order valence-corrected chi connectivity index (χ2v) is 6.20. The first-order valence-electron chi connectivity index (χ1n) is 7.65. The molecule has 0 atom stereocenters. The Morgan fingerprint density at radius 1 is 1.11 bits per heavy atom. The Hall–Kier alpha value is -1.37. The molecule has 1 fully saturated rings. The van der Waals surface area contributed by atoms with Gasteiger partial charge in [-0.25, -0.2) is 0 Å². The molecule has 0 saturated heterocycles. The summed E-state index contributed by atoms with van der Waals surface area (Å²) in [6, 6.07) is 10.9. The number of aromatic nitrogens is 1. The van der Waals surface area contributed by atoms with Crippen LogP contribution in [0.25, 0.3) is 10.9 Å². The Morgan fingerprint density at radius 2 is 1.95 bits per heavy atom. The van der Waals surface area contributed by atoms with Gasteiger partial charge in [-0.3, -0.25) is 4.98 Å². The monoisotopic (exact) mass is 253 g/mol. The third-order valence-electron chi connectivity index (χ3n) is 4.64. The van der Waals surface area contributed by atoms with Crippen LogP contribution in [0.2, 0.25) is 0 Å². The van der Waals surface area contributed by atoms with E-state index in [1.54, 1.807) is 0 Å². The Bertz CT molecular complexity index is 538. The van der Waals surface area contributed by atoms with Crippen molar-refractivity contribution in [3.63, 3.8) is 0 Å². The van der Waals surface area contributed by atoms with Crippen LogP contribution < -0.4 is 0 Å². The van der Waals surface area contributed by atoms with Crippen LogP contribution in [-0.4, -0.2) is 4.98 Å². The van der Waals surface area contributed by atoms with Crippen molar-refractivity contribution in [3.05, 3.63) is 42.1 Å². The first-order chi connectivity index (χ1) is 9.31. The zero-order chi connectivity index (χ0) is 13.1. The van der Waals surface area contributed by atoms with Crippen LogP contribution in [-0.2, 0) is 6.42 Å². The number of pyridine rings is 1. The van der Waals surface area contributed by atoms with Crippen molar-refractivity contribution in [3.8, 4) is 0 Å². The van der Waals surface area contributed by atoms with E-state index in [1.807, 2.05) is 12.3 Å².